The van der Waals surface area contributed by atoms with Crippen molar-refractivity contribution in [3.8, 4) is 0 Å². The van der Waals surface area contributed by atoms with Crippen molar-refractivity contribution in [2.24, 2.45) is 0 Å². The van der Waals surface area contributed by atoms with E-state index in [2.05, 4.69) is 36.6 Å². The summed E-state index contributed by atoms with van der Waals surface area (Å²) in [6, 6.07) is 7.56. The van der Waals surface area contributed by atoms with Crippen molar-refractivity contribution in [3.63, 3.8) is 0 Å². The summed E-state index contributed by atoms with van der Waals surface area (Å²) in [4.78, 5) is 7.44. The fraction of sp³-hybridized carbons (Fsp3) is 0. The molecule has 0 amide bonds. The van der Waals surface area contributed by atoms with Crippen LogP contribution in [0.2, 0.25) is 0 Å². The zero-order valence-corrected chi connectivity index (χ0v) is 11.6. The molecule has 0 N–H and O–H groups in total. The topological polar surface area (TPSA) is 108 Å². The standard InChI is InChI=1S/2C4H4N.4CO.Mo/c2*1-2-4-5-3-1;4*1-2;/h2*1-4H;;;;;/q2*-1;;;;;+2. The van der Waals surface area contributed by atoms with Crippen LogP contribution in [0.15, 0.2) is 49.1 Å². The Kier molecular flexibility index (Phi) is 88.8. The van der Waals surface area contributed by atoms with Gasteiger partial charge in [-0.3, -0.25) is 0 Å². The monoisotopic (exact) mass is 342 g/mol. The van der Waals surface area contributed by atoms with Gasteiger partial charge in [0.1, 0.15) is 0 Å². The van der Waals surface area contributed by atoms with Gasteiger partial charge < -0.3 is 9.97 Å². The molecule has 0 fully saturated rings. The Balaban J connectivity index is -0.0000000443. The van der Waals surface area contributed by atoms with Gasteiger partial charge in [-0.15, -0.1) is 0 Å². The Bertz CT molecular complexity index is 279. The quantitative estimate of drug-likeness (QED) is 0.407. The molecule has 0 atom stereocenters. The van der Waals surface area contributed by atoms with E-state index in [4.69, 9.17) is 18.6 Å². The minimum atomic E-state index is 0. The molecule has 0 spiro atoms. The maximum Gasteiger partial charge on any atom is 2.00 e. The Labute approximate surface area is 125 Å². The van der Waals surface area contributed by atoms with E-state index < -0.39 is 0 Å². The number of nitrogens with zero attached hydrogens (tertiary/aromatic N) is 2. The van der Waals surface area contributed by atoms with Crippen LogP contribution in [0.4, 0.5) is 0 Å². The number of hydrogen-bond donors (Lipinski definition) is 0. The van der Waals surface area contributed by atoms with Gasteiger partial charge in [0.05, 0.1) is 0 Å². The molecule has 0 aliphatic carbocycles. The van der Waals surface area contributed by atoms with Gasteiger partial charge in [-0.25, -0.2) is 0 Å². The normalized spacial score (nSPS) is 4.63. The fourth-order valence-electron chi connectivity index (χ4n) is 0.497. The fourth-order valence-corrected chi connectivity index (χ4v) is 0.497. The van der Waals surface area contributed by atoms with Crippen molar-refractivity contribution in [3.05, 3.63) is 75.7 Å². The Morgan fingerprint density at radius 2 is 0.632 bits per heavy atom. The first-order chi connectivity index (χ1) is 9.00. The summed E-state index contributed by atoms with van der Waals surface area (Å²) < 4.78 is 30.0. The molecule has 0 aliphatic rings. The zero-order valence-electron chi connectivity index (χ0n) is 9.55. The third kappa shape index (κ3) is 48.6. The molecule has 0 saturated heterocycles. The smallest absolute Gasteiger partial charge is 0.670 e. The summed E-state index contributed by atoms with van der Waals surface area (Å²) in [7, 11) is 0. The van der Waals surface area contributed by atoms with Crippen LogP contribution in [0, 0.1) is 26.6 Å². The second kappa shape index (κ2) is 55.6. The van der Waals surface area contributed by atoms with Crippen LogP contribution in [0.25, 0.3) is 0 Å². The van der Waals surface area contributed by atoms with E-state index in [-0.39, 0.29) is 21.1 Å². The molecule has 0 aromatic carbocycles. The van der Waals surface area contributed by atoms with E-state index in [0.29, 0.717) is 0 Å². The van der Waals surface area contributed by atoms with Gasteiger partial charge in [0.2, 0.25) is 0 Å². The molecule has 2 rings (SSSR count). The Hall–Kier alpha value is -1.79. The van der Waals surface area contributed by atoms with Crippen LogP contribution in [0.3, 0.4) is 0 Å². The molecule has 0 saturated carbocycles. The average molecular weight is 340 g/mol. The minimum Gasteiger partial charge on any atom is -0.670 e. The Morgan fingerprint density at radius 3 is 0.684 bits per heavy atom. The van der Waals surface area contributed by atoms with Crippen molar-refractivity contribution in [1.29, 1.82) is 0 Å². The van der Waals surface area contributed by atoms with Gasteiger partial charge >= 0.3 is 66.3 Å². The summed E-state index contributed by atoms with van der Waals surface area (Å²) in [5, 5.41) is 0. The molecule has 19 heavy (non-hydrogen) atoms. The van der Waals surface area contributed by atoms with Gasteiger partial charge in [0.15, 0.2) is 0 Å². The summed E-state index contributed by atoms with van der Waals surface area (Å²) in [5.74, 6) is 0. The molecular weight excluding hydrogens is 332 g/mol. The molecule has 6 nitrogen and oxygen atoms in total. The van der Waals surface area contributed by atoms with Crippen molar-refractivity contribution < 1.29 is 39.7 Å². The molecule has 0 aliphatic heterocycles. The maximum absolute atomic E-state index is 7.50. The molecular formula is C12H8MoN2O4. The molecule has 96 valence electrons. The second-order valence-corrected chi connectivity index (χ2v) is 1.66. The molecule has 0 bridgehead atoms. The van der Waals surface area contributed by atoms with E-state index >= 15 is 0 Å². The maximum atomic E-state index is 7.50. The molecule has 2 aromatic heterocycles. The van der Waals surface area contributed by atoms with Crippen LogP contribution >= 0.6 is 0 Å². The van der Waals surface area contributed by atoms with Crippen LogP contribution < -0.4 is 9.97 Å². The van der Waals surface area contributed by atoms with Gasteiger partial charge in [0.25, 0.3) is 0 Å². The number of aromatic nitrogens is 2. The van der Waals surface area contributed by atoms with E-state index in [1.165, 1.54) is 0 Å². The van der Waals surface area contributed by atoms with Crippen molar-refractivity contribution in [2.45, 2.75) is 0 Å². The van der Waals surface area contributed by atoms with E-state index in [1.807, 2.05) is 24.3 Å². The SMILES string of the molecule is [C-]#[O+].[C-]#[O+].[C-]#[O+].[C-]#[O+].[Mo+2].c1cc[n-]c1.c1cc[n-]c1. The third-order valence-corrected chi connectivity index (χ3v) is 0.911. The van der Waals surface area contributed by atoms with Gasteiger partial charge in [-0.05, 0) is 0 Å². The predicted molar refractivity (Wildman–Crippen MR) is 55.2 cm³/mol. The molecule has 7 heteroatoms. The number of hydrogen-bond acceptors (Lipinski definition) is 0. The Morgan fingerprint density at radius 1 is 0.474 bits per heavy atom. The van der Waals surface area contributed by atoms with E-state index in [9.17, 15) is 0 Å². The minimum absolute atomic E-state index is 0. The summed E-state index contributed by atoms with van der Waals surface area (Å²) in [6.07, 6.45) is 7.00. The first kappa shape index (κ1) is 30.3. The predicted octanol–water partition coefficient (Wildman–Crippen LogP) is 1.14. The molecule has 0 unspecified atom stereocenters. The van der Waals surface area contributed by atoms with Gasteiger partial charge in [-0.1, -0.05) is 24.3 Å². The van der Waals surface area contributed by atoms with Crippen LogP contribution in [0.5, 0.6) is 0 Å². The number of rotatable bonds is 0. The van der Waals surface area contributed by atoms with E-state index in [0.717, 1.165) is 0 Å². The summed E-state index contributed by atoms with van der Waals surface area (Å²) in [6.45, 7) is 18.0. The van der Waals surface area contributed by atoms with Crippen LogP contribution in [-0.2, 0) is 39.7 Å². The van der Waals surface area contributed by atoms with Gasteiger partial charge in [0, 0.05) is 0 Å². The molecule has 2 heterocycles. The van der Waals surface area contributed by atoms with Crippen LogP contribution in [-0.4, -0.2) is 0 Å². The first-order valence-electron chi connectivity index (χ1n) is 3.85. The van der Waals surface area contributed by atoms with Crippen LogP contribution in [0.1, 0.15) is 0 Å². The molecule has 0 radical (unpaired) electrons. The van der Waals surface area contributed by atoms with Crippen molar-refractivity contribution in [1.82, 2.24) is 9.97 Å². The first-order valence-corrected chi connectivity index (χ1v) is 3.85. The largest absolute Gasteiger partial charge is 2.00 e. The second-order valence-electron chi connectivity index (χ2n) is 1.66. The van der Waals surface area contributed by atoms with Crippen molar-refractivity contribution >= 4 is 0 Å². The average Bonchev–Trinajstić information content (AvgIpc) is 3.25. The zero-order chi connectivity index (χ0) is 15.1. The molecule has 2 aromatic rings. The summed E-state index contributed by atoms with van der Waals surface area (Å²) in [5.41, 5.74) is 0. The van der Waals surface area contributed by atoms with Gasteiger partial charge in [-0.2, -0.15) is 24.8 Å². The van der Waals surface area contributed by atoms with E-state index in [1.54, 1.807) is 24.8 Å². The summed E-state index contributed by atoms with van der Waals surface area (Å²) >= 11 is 0. The third-order valence-electron chi connectivity index (χ3n) is 0.911. The van der Waals surface area contributed by atoms with Crippen molar-refractivity contribution in [2.75, 3.05) is 0 Å².